The molecule has 1 aliphatic carbocycles. The Morgan fingerprint density at radius 3 is 2.33 bits per heavy atom. The Morgan fingerprint density at radius 1 is 0.925 bits per heavy atom. The SMILES string of the molecule is Cc1cc(C(=O)NC2CCCC2)cnc1N1CCN(c2cc(-c3ccc(F)cc3)nc(N3CCCC3C)n2)CC1. The lowest BCUT2D eigenvalue weighted by atomic mass is 10.1. The molecule has 0 bridgehead atoms. The number of hydrogen-bond acceptors (Lipinski definition) is 7. The number of aryl methyl sites for hydroxylation is 1. The Hall–Kier alpha value is -3.75. The van der Waals surface area contributed by atoms with Crippen LogP contribution in [0.5, 0.6) is 0 Å². The second-order valence-electron chi connectivity index (χ2n) is 11.4. The largest absolute Gasteiger partial charge is 0.353 e. The summed E-state index contributed by atoms with van der Waals surface area (Å²) in [5.74, 6) is 2.29. The summed E-state index contributed by atoms with van der Waals surface area (Å²) in [5, 5.41) is 3.16. The van der Waals surface area contributed by atoms with Crippen LogP contribution in [-0.2, 0) is 0 Å². The first-order valence-corrected chi connectivity index (χ1v) is 14.6. The third-order valence-corrected chi connectivity index (χ3v) is 8.56. The lowest BCUT2D eigenvalue weighted by molar-refractivity contribution is 0.0937. The van der Waals surface area contributed by atoms with E-state index in [0.29, 0.717) is 17.6 Å². The first-order valence-electron chi connectivity index (χ1n) is 14.6. The molecule has 0 radical (unpaired) electrons. The van der Waals surface area contributed by atoms with Crippen LogP contribution in [0.15, 0.2) is 42.6 Å². The molecule has 1 N–H and O–H groups in total. The van der Waals surface area contributed by atoms with Crippen molar-refractivity contribution in [2.75, 3.05) is 47.4 Å². The van der Waals surface area contributed by atoms with Crippen molar-refractivity contribution in [3.05, 3.63) is 59.5 Å². The van der Waals surface area contributed by atoms with E-state index >= 15 is 0 Å². The number of carbonyl (C=O) groups is 1. The smallest absolute Gasteiger partial charge is 0.253 e. The van der Waals surface area contributed by atoms with Gasteiger partial charge in [0.15, 0.2) is 0 Å². The first-order chi connectivity index (χ1) is 19.4. The highest BCUT2D eigenvalue weighted by atomic mass is 19.1. The summed E-state index contributed by atoms with van der Waals surface area (Å²) in [6, 6.07) is 11.2. The summed E-state index contributed by atoms with van der Waals surface area (Å²) in [6.45, 7) is 8.38. The number of nitrogens with one attached hydrogen (secondary N) is 1. The Labute approximate surface area is 235 Å². The summed E-state index contributed by atoms with van der Waals surface area (Å²) in [4.78, 5) is 34.2. The highest BCUT2D eigenvalue weighted by Crippen LogP contribution is 2.30. The average Bonchev–Trinajstić information content (AvgIpc) is 3.65. The Morgan fingerprint density at radius 2 is 1.65 bits per heavy atom. The van der Waals surface area contributed by atoms with E-state index < -0.39 is 0 Å². The molecule has 1 saturated carbocycles. The van der Waals surface area contributed by atoms with Crippen molar-refractivity contribution in [2.45, 2.75) is 64.5 Å². The lowest BCUT2D eigenvalue weighted by Gasteiger charge is -2.37. The number of carbonyl (C=O) groups excluding carboxylic acids is 1. The molecule has 3 aliphatic rings. The van der Waals surface area contributed by atoms with E-state index in [-0.39, 0.29) is 11.7 Å². The van der Waals surface area contributed by atoms with Crippen molar-refractivity contribution in [1.29, 1.82) is 0 Å². The van der Waals surface area contributed by atoms with Crippen LogP contribution in [0.3, 0.4) is 0 Å². The van der Waals surface area contributed by atoms with Gasteiger partial charge in [-0.15, -0.1) is 0 Å². The zero-order valence-electron chi connectivity index (χ0n) is 23.4. The third-order valence-electron chi connectivity index (χ3n) is 8.56. The van der Waals surface area contributed by atoms with Crippen molar-refractivity contribution < 1.29 is 9.18 Å². The fourth-order valence-electron chi connectivity index (χ4n) is 6.22. The molecule has 3 fully saturated rings. The van der Waals surface area contributed by atoms with Gasteiger partial charge >= 0.3 is 0 Å². The number of aromatic nitrogens is 3. The van der Waals surface area contributed by atoms with Crippen molar-refractivity contribution in [3.63, 3.8) is 0 Å². The van der Waals surface area contributed by atoms with E-state index in [2.05, 4.69) is 26.9 Å². The molecule has 4 heterocycles. The number of piperazine rings is 1. The topological polar surface area (TPSA) is 77.5 Å². The van der Waals surface area contributed by atoms with E-state index in [4.69, 9.17) is 15.0 Å². The number of hydrogen-bond donors (Lipinski definition) is 1. The zero-order valence-corrected chi connectivity index (χ0v) is 23.4. The molecule has 8 nitrogen and oxygen atoms in total. The predicted molar refractivity (Wildman–Crippen MR) is 157 cm³/mol. The Balaban J connectivity index is 1.18. The van der Waals surface area contributed by atoms with E-state index in [1.807, 2.05) is 19.1 Å². The van der Waals surface area contributed by atoms with Gasteiger partial charge in [0.1, 0.15) is 17.5 Å². The van der Waals surface area contributed by atoms with E-state index in [0.717, 1.165) is 92.8 Å². The summed E-state index contributed by atoms with van der Waals surface area (Å²) >= 11 is 0. The monoisotopic (exact) mass is 543 g/mol. The molecule has 210 valence electrons. The highest BCUT2D eigenvalue weighted by Gasteiger charge is 2.27. The van der Waals surface area contributed by atoms with Crippen LogP contribution in [0, 0.1) is 12.7 Å². The maximum Gasteiger partial charge on any atom is 0.253 e. The van der Waals surface area contributed by atoms with Crippen LogP contribution in [0.1, 0.15) is 61.4 Å². The van der Waals surface area contributed by atoms with Crippen molar-refractivity contribution in [3.8, 4) is 11.3 Å². The summed E-state index contributed by atoms with van der Waals surface area (Å²) in [7, 11) is 0. The molecular weight excluding hydrogens is 505 g/mol. The number of benzene rings is 1. The van der Waals surface area contributed by atoms with E-state index in [1.54, 1.807) is 18.3 Å². The number of halogens is 1. The number of pyridine rings is 1. The molecule has 2 aliphatic heterocycles. The Kier molecular flexibility index (Phi) is 7.54. The number of nitrogens with zero attached hydrogens (tertiary/aromatic N) is 6. The van der Waals surface area contributed by atoms with Crippen LogP contribution in [0.4, 0.5) is 22.0 Å². The molecule has 0 spiro atoms. The van der Waals surface area contributed by atoms with Crippen LogP contribution in [-0.4, -0.2) is 65.7 Å². The highest BCUT2D eigenvalue weighted by molar-refractivity contribution is 5.94. The minimum absolute atomic E-state index is 0.0253. The molecule has 40 heavy (non-hydrogen) atoms. The van der Waals surface area contributed by atoms with E-state index in [9.17, 15) is 9.18 Å². The molecule has 6 rings (SSSR count). The molecule has 1 amide bonds. The van der Waals surface area contributed by atoms with Crippen molar-refractivity contribution in [2.24, 2.45) is 0 Å². The molecule has 2 saturated heterocycles. The van der Waals surface area contributed by atoms with Crippen molar-refractivity contribution >= 4 is 23.5 Å². The normalized spacial score (nSPS) is 19.9. The maximum atomic E-state index is 13.6. The van der Waals surface area contributed by atoms with Crippen LogP contribution in [0.2, 0.25) is 0 Å². The minimum Gasteiger partial charge on any atom is -0.353 e. The zero-order chi connectivity index (χ0) is 27.6. The van der Waals surface area contributed by atoms with Crippen LogP contribution < -0.4 is 20.0 Å². The van der Waals surface area contributed by atoms with Gasteiger partial charge in [0, 0.05) is 62.6 Å². The molecule has 2 aromatic heterocycles. The van der Waals surface area contributed by atoms with Gasteiger partial charge in [-0.3, -0.25) is 4.79 Å². The van der Waals surface area contributed by atoms with Crippen LogP contribution in [0.25, 0.3) is 11.3 Å². The molecule has 1 atom stereocenters. The molecule has 9 heteroatoms. The molecular formula is C31H38FN7O. The first kappa shape index (κ1) is 26.5. The van der Waals surface area contributed by atoms with Crippen LogP contribution >= 0.6 is 0 Å². The maximum absolute atomic E-state index is 13.6. The molecule has 1 aromatic carbocycles. The summed E-state index contributed by atoms with van der Waals surface area (Å²) in [5.41, 5.74) is 3.34. The second kappa shape index (κ2) is 11.4. The van der Waals surface area contributed by atoms with Gasteiger partial charge in [-0.05, 0) is 75.4 Å². The van der Waals surface area contributed by atoms with Gasteiger partial charge in [-0.1, -0.05) is 12.8 Å². The molecule has 3 aromatic rings. The Bertz CT molecular complexity index is 1350. The third kappa shape index (κ3) is 5.60. The van der Waals surface area contributed by atoms with Gasteiger partial charge in [0.2, 0.25) is 5.95 Å². The van der Waals surface area contributed by atoms with Gasteiger partial charge in [-0.2, -0.15) is 4.98 Å². The molecule has 1 unspecified atom stereocenters. The fraction of sp³-hybridized carbons (Fsp3) is 0.484. The summed E-state index contributed by atoms with van der Waals surface area (Å²) < 4.78 is 13.6. The van der Waals surface area contributed by atoms with Gasteiger partial charge < -0.3 is 20.0 Å². The number of anilines is 3. The number of rotatable bonds is 6. The second-order valence-corrected chi connectivity index (χ2v) is 11.4. The number of amides is 1. The quantitative estimate of drug-likeness (QED) is 0.470. The lowest BCUT2D eigenvalue weighted by Crippen LogP contribution is -2.47. The standard InChI is InChI=1S/C31H38FN7O/c1-21-18-24(30(40)34-26-7-3-4-8-26)20-33-29(21)38-16-14-37(15-17-38)28-19-27(23-9-11-25(32)12-10-23)35-31(36-28)39-13-5-6-22(39)2/h9-12,18-20,22,26H,3-8,13-17H2,1-2H3,(H,34,40). The van der Waals surface area contributed by atoms with Gasteiger partial charge in [0.05, 0.1) is 11.3 Å². The fourth-order valence-corrected chi connectivity index (χ4v) is 6.22. The summed E-state index contributed by atoms with van der Waals surface area (Å²) in [6.07, 6.45) is 8.48. The minimum atomic E-state index is -0.256. The van der Waals surface area contributed by atoms with Crippen molar-refractivity contribution in [1.82, 2.24) is 20.3 Å². The predicted octanol–water partition coefficient (Wildman–Crippen LogP) is 4.97. The van der Waals surface area contributed by atoms with Gasteiger partial charge in [-0.25, -0.2) is 14.4 Å². The average molecular weight is 544 g/mol. The van der Waals surface area contributed by atoms with E-state index in [1.165, 1.54) is 25.0 Å². The van der Waals surface area contributed by atoms with Gasteiger partial charge in [0.25, 0.3) is 5.91 Å².